The van der Waals surface area contributed by atoms with Crippen molar-refractivity contribution in [2.24, 2.45) is 4.99 Å². The van der Waals surface area contributed by atoms with Crippen LogP contribution in [0.5, 0.6) is 11.5 Å². The molecule has 0 fully saturated rings. The molecule has 1 aliphatic heterocycles. The van der Waals surface area contributed by atoms with E-state index >= 15 is 0 Å². The Labute approximate surface area is 244 Å². The van der Waals surface area contributed by atoms with E-state index in [1.54, 1.807) is 56.3 Å². The summed E-state index contributed by atoms with van der Waals surface area (Å²) < 4.78 is 32.6. The zero-order chi connectivity index (χ0) is 29.8. The highest BCUT2D eigenvalue weighted by molar-refractivity contribution is 7.07. The van der Waals surface area contributed by atoms with Gasteiger partial charge in [-0.15, -0.1) is 0 Å². The number of para-hydroxylation sites is 1. The molecular weight excluding hydrogens is 557 g/mol. The molecule has 1 aliphatic rings. The lowest BCUT2D eigenvalue weighted by Gasteiger charge is -2.24. The Morgan fingerprint density at radius 1 is 1.14 bits per heavy atom. The van der Waals surface area contributed by atoms with Gasteiger partial charge in [0.25, 0.3) is 5.56 Å². The minimum Gasteiger partial charge on any atom is -0.493 e. The number of carbonyl (C=O) groups excluding carboxylic acids is 1. The average molecular weight is 584 g/mol. The number of nitriles is 1. The van der Waals surface area contributed by atoms with Gasteiger partial charge in [0.2, 0.25) is 0 Å². The smallest absolute Gasteiger partial charge is 0.338 e. The molecule has 0 unspecified atom stereocenters. The van der Waals surface area contributed by atoms with Gasteiger partial charge in [0.15, 0.2) is 16.3 Å². The summed E-state index contributed by atoms with van der Waals surface area (Å²) >= 11 is 1.17. The summed E-state index contributed by atoms with van der Waals surface area (Å²) in [5, 5.41) is 9.06. The van der Waals surface area contributed by atoms with E-state index in [2.05, 4.69) is 11.1 Å². The van der Waals surface area contributed by atoms with Gasteiger partial charge in [-0.05, 0) is 61.4 Å². The minimum atomic E-state index is -0.847. The van der Waals surface area contributed by atoms with E-state index in [1.165, 1.54) is 35.1 Å². The van der Waals surface area contributed by atoms with E-state index in [0.717, 1.165) is 5.56 Å². The van der Waals surface area contributed by atoms with Crippen LogP contribution in [0.25, 0.3) is 6.08 Å². The predicted molar refractivity (Wildman–Crippen MR) is 155 cm³/mol. The first kappa shape index (κ1) is 28.5. The van der Waals surface area contributed by atoms with Gasteiger partial charge in [-0.2, -0.15) is 5.26 Å². The van der Waals surface area contributed by atoms with E-state index in [-0.39, 0.29) is 24.3 Å². The Morgan fingerprint density at radius 3 is 2.55 bits per heavy atom. The van der Waals surface area contributed by atoms with Crippen LogP contribution >= 0.6 is 11.3 Å². The van der Waals surface area contributed by atoms with Crippen LogP contribution in [0.3, 0.4) is 0 Å². The summed E-state index contributed by atoms with van der Waals surface area (Å²) in [6.45, 7) is 3.75. The number of methoxy groups -OCH3 is 1. The maximum absolute atomic E-state index is 13.9. The van der Waals surface area contributed by atoms with Gasteiger partial charge >= 0.3 is 5.97 Å². The summed E-state index contributed by atoms with van der Waals surface area (Å²) in [5.41, 5.74) is 2.82. The number of hydrogen-bond donors (Lipinski definition) is 0. The Kier molecular flexibility index (Phi) is 8.31. The van der Waals surface area contributed by atoms with Crippen LogP contribution in [0.2, 0.25) is 0 Å². The van der Waals surface area contributed by atoms with Crippen LogP contribution in [0, 0.1) is 17.1 Å². The van der Waals surface area contributed by atoms with Gasteiger partial charge in [-0.1, -0.05) is 47.7 Å². The topological polar surface area (TPSA) is 103 Å². The van der Waals surface area contributed by atoms with Crippen LogP contribution in [0.1, 0.15) is 42.1 Å². The number of thiazole rings is 1. The van der Waals surface area contributed by atoms with Crippen LogP contribution in [-0.4, -0.2) is 24.3 Å². The van der Waals surface area contributed by atoms with E-state index in [1.807, 2.05) is 18.2 Å². The van der Waals surface area contributed by atoms with E-state index in [4.69, 9.17) is 19.5 Å². The number of fused-ring (bicyclic) bond motifs is 1. The first-order chi connectivity index (χ1) is 20.3. The monoisotopic (exact) mass is 583 g/mol. The molecule has 2 heterocycles. The van der Waals surface area contributed by atoms with Gasteiger partial charge in [0, 0.05) is 5.56 Å². The van der Waals surface area contributed by atoms with E-state index < -0.39 is 17.8 Å². The molecule has 5 rings (SSSR count). The molecule has 0 bridgehead atoms. The molecular formula is C32H26FN3O5S. The van der Waals surface area contributed by atoms with Gasteiger partial charge in [0.1, 0.15) is 12.4 Å². The van der Waals surface area contributed by atoms with E-state index in [9.17, 15) is 14.0 Å². The van der Waals surface area contributed by atoms with Crippen molar-refractivity contribution in [3.63, 3.8) is 0 Å². The lowest BCUT2D eigenvalue weighted by Crippen LogP contribution is -2.39. The number of hydrogen-bond acceptors (Lipinski definition) is 8. The maximum Gasteiger partial charge on any atom is 0.338 e. The number of nitrogens with zero attached hydrogens (tertiary/aromatic N) is 3. The van der Waals surface area contributed by atoms with Gasteiger partial charge in [-0.25, -0.2) is 14.2 Å². The van der Waals surface area contributed by atoms with Crippen molar-refractivity contribution >= 4 is 23.4 Å². The highest BCUT2D eigenvalue weighted by Crippen LogP contribution is 2.33. The van der Waals surface area contributed by atoms with E-state index in [0.29, 0.717) is 43.2 Å². The first-order valence-corrected chi connectivity index (χ1v) is 13.9. The van der Waals surface area contributed by atoms with Crippen molar-refractivity contribution in [2.45, 2.75) is 26.5 Å². The Morgan fingerprint density at radius 2 is 1.88 bits per heavy atom. The molecule has 0 saturated heterocycles. The number of carbonyl (C=O) groups is 1. The maximum atomic E-state index is 13.9. The number of benzene rings is 3. The molecule has 0 aliphatic carbocycles. The summed E-state index contributed by atoms with van der Waals surface area (Å²) in [7, 11) is 1.53. The Hall–Kier alpha value is -5.01. The highest BCUT2D eigenvalue weighted by atomic mass is 32.1. The first-order valence-electron chi connectivity index (χ1n) is 13.1. The van der Waals surface area contributed by atoms with Crippen LogP contribution in [-0.2, 0) is 16.1 Å². The number of esters is 1. The number of aromatic nitrogens is 1. The number of rotatable bonds is 8. The largest absolute Gasteiger partial charge is 0.493 e. The molecule has 1 atom stereocenters. The molecule has 10 heteroatoms. The summed E-state index contributed by atoms with van der Waals surface area (Å²) in [6, 6.07) is 19.3. The second-order valence-electron chi connectivity index (χ2n) is 9.33. The van der Waals surface area contributed by atoms with Crippen LogP contribution in [0.15, 0.2) is 87.8 Å². The Bertz CT molecular complexity index is 1900. The van der Waals surface area contributed by atoms with Crippen molar-refractivity contribution in [3.8, 4) is 17.6 Å². The summed E-state index contributed by atoms with van der Waals surface area (Å²) in [4.78, 5) is 32.0. The zero-order valence-corrected chi connectivity index (χ0v) is 23.9. The third-order valence-electron chi connectivity index (χ3n) is 6.68. The normalized spacial score (nSPS) is 14.5. The lowest BCUT2D eigenvalue weighted by molar-refractivity contribution is -0.139. The van der Waals surface area contributed by atoms with Crippen molar-refractivity contribution in [3.05, 3.63) is 126 Å². The molecule has 1 aromatic heterocycles. The van der Waals surface area contributed by atoms with Gasteiger partial charge < -0.3 is 14.2 Å². The van der Waals surface area contributed by atoms with Gasteiger partial charge in [0.05, 0.1) is 47.2 Å². The zero-order valence-electron chi connectivity index (χ0n) is 23.1. The summed E-state index contributed by atoms with van der Waals surface area (Å²) in [5.74, 6) is -0.104. The van der Waals surface area contributed by atoms with Gasteiger partial charge in [-0.3, -0.25) is 9.36 Å². The quantitative estimate of drug-likeness (QED) is 0.285. The molecule has 8 nitrogen and oxygen atoms in total. The fourth-order valence-electron chi connectivity index (χ4n) is 4.69. The lowest BCUT2D eigenvalue weighted by atomic mass is 9.96. The number of ether oxygens (including phenoxy) is 3. The molecule has 42 heavy (non-hydrogen) atoms. The van der Waals surface area contributed by atoms with Crippen molar-refractivity contribution < 1.29 is 23.4 Å². The third-order valence-corrected chi connectivity index (χ3v) is 7.67. The highest BCUT2D eigenvalue weighted by Gasteiger charge is 2.33. The molecule has 0 saturated carbocycles. The second kappa shape index (κ2) is 12.2. The molecule has 0 radical (unpaired) electrons. The third kappa shape index (κ3) is 5.60. The predicted octanol–water partition coefficient (Wildman–Crippen LogP) is 4.40. The molecule has 0 N–H and O–H groups in total. The SMILES string of the molecule is CCOC(=O)C1=C(C)N=c2s/c(=C\c3cccc(OC)c3OCc3ccc(C#N)cc3)c(=O)n2[C@@H]1c1ccc(F)cc1. The fraction of sp³-hybridized carbons (Fsp3) is 0.188. The molecule has 4 aromatic rings. The fourth-order valence-corrected chi connectivity index (χ4v) is 5.72. The van der Waals surface area contributed by atoms with Crippen molar-refractivity contribution in [1.29, 1.82) is 5.26 Å². The second-order valence-corrected chi connectivity index (χ2v) is 10.3. The molecule has 3 aromatic carbocycles. The number of allylic oxidation sites excluding steroid dienone is 1. The molecule has 0 amide bonds. The standard InChI is InChI=1S/C32H26FN3O5S/c1-4-40-31(38)27-19(2)35-32-36(28(27)22-12-14-24(33)15-13-22)30(37)26(42-32)16-23-6-5-7-25(39-3)29(23)41-18-21-10-8-20(17-34)9-11-21/h5-16,28H,4,18H2,1-3H3/b26-16-/t28-/m1/s1. The van der Waals surface area contributed by atoms with Crippen LogP contribution in [0.4, 0.5) is 4.39 Å². The van der Waals surface area contributed by atoms with Crippen molar-refractivity contribution in [2.75, 3.05) is 13.7 Å². The van der Waals surface area contributed by atoms with Crippen LogP contribution < -0.4 is 24.4 Å². The minimum absolute atomic E-state index is 0.150. The summed E-state index contributed by atoms with van der Waals surface area (Å²) in [6.07, 6.45) is 1.70. The van der Waals surface area contributed by atoms with Crippen molar-refractivity contribution in [1.82, 2.24) is 4.57 Å². The average Bonchev–Trinajstić information content (AvgIpc) is 3.30. The molecule has 212 valence electrons. The number of halogens is 1. The Balaban J connectivity index is 1.61. The molecule has 0 spiro atoms.